The van der Waals surface area contributed by atoms with Crippen molar-refractivity contribution in [3.8, 4) is 0 Å². The molecule has 0 aromatic carbocycles. The monoisotopic (exact) mass is 251 g/mol. The molecule has 102 valence electrons. The van der Waals surface area contributed by atoms with E-state index in [1.165, 1.54) is 12.8 Å². The lowest BCUT2D eigenvalue weighted by molar-refractivity contribution is 0.148. The van der Waals surface area contributed by atoms with Crippen LogP contribution in [0, 0.1) is 5.92 Å². The maximum Gasteiger partial charge on any atom is 0.141 e. The number of hydrogen-bond acceptors (Lipinski definition) is 4. The second-order valence-corrected chi connectivity index (χ2v) is 5.71. The van der Waals surface area contributed by atoms with E-state index in [-0.39, 0.29) is 6.04 Å². The first kappa shape index (κ1) is 13.5. The van der Waals surface area contributed by atoms with E-state index in [1.807, 2.05) is 4.68 Å². The van der Waals surface area contributed by atoms with Gasteiger partial charge in [0.15, 0.2) is 0 Å². The Kier molecular flexibility index (Phi) is 4.35. The lowest BCUT2D eigenvalue weighted by Gasteiger charge is -2.34. The van der Waals surface area contributed by atoms with Gasteiger partial charge in [0.25, 0.3) is 0 Å². The largest absolute Gasteiger partial charge is 0.328 e. The van der Waals surface area contributed by atoms with E-state index in [0.717, 1.165) is 25.5 Å². The predicted octanol–water partition coefficient (Wildman–Crippen LogP) is 1.42. The van der Waals surface area contributed by atoms with Gasteiger partial charge in [0.2, 0.25) is 0 Å². The minimum Gasteiger partial charge on any atom is -0.328 e. The molecular weight excluding hydrogens is 226 g/mol. The van der Waals surface area contributed by atoms with Crippen LogP contribution in [0.1, 0.15) is 45.5 Å². The molecule has 0 bridgehead atoms. The highest BCUT2D eigenvalue weighted by Crippen LogP contribution is 2.20. The molecule has 2 heterocycles. The van der Waals surface area contributed by atoms with E-state index in [0.29, 0.717) is 12.0 Å². The predicted molar refractivity (Wildman–Crippen MR) is 72.1 cm³/mol. The zero-order valence-electron chi connectivity index (χ0n) is 11.7. The first-order valence-electron chi connectivity index (χ1n) is 6.94. The lowest BCUT2D eigenvalue weighted by atomic mass is 9.92. The van der Waals surface area contributed by atoms with Crippen molar-refractivity contribution in [1.82, 2.24) is 19.7 Å². The topological polar surface area (TPSA) is 60.0 Å². The molecule has 2 rings (SSSR count). The SMILES string of the molecule is CC(N)C1CCCN(Cc2ncnn2C(C)C)C1. The molecule has 1 aromatic heterocycles. The fourth-order valence-corrected chi connectivity index (χ4v) is 2.68. The van der Waals surface area contributed by atoms with Gasteiger partial charge in [-0.15, -0.1) is 0 Å². The summed E-state index contributed by atoms with van der Waals surface area (Å²) in [7, 11) is 0. The molecule has 1 saturated heterocycles. The first-order valence-corrected chi connectivity index (χ1v) is 6.94. The average molecular weight is 251 g/mol. The second kappa shape index (κ2) is 5.80. The molecular formula is C13H25N5. The highest BCUT2D eigenvalue weighted by atomic mass is 15.4. The Morgan fingerprint density at radius 1 is 1.44 bits per heavy atom. The first-order chi connectivity index (χ1) is 8.58. The summed E-state index contributed by atoms with van der Waals surface area (Å²) in [5.74, 6) is 1.68. The molecule has 5 heteroatoms. The highest BCUT2D eigenvalue weighted by Gasteiger charge is 2.23. The summed E-state index contributed by atoms with van der Waals surface area (Å²) in [5.41, 5.74) is 6.02. The van der Waals surface area contributed by atoms with Gasteiger partial charge in [0.05, 0.1) is 6.54 Å². The fourth-order valence-electron chi connectivity index (χ4n) is 2.68. The van der Waals surface area contributed by atoms with Crippen molar-refractivity contribution in [2.45, 2.75) is 52.2 Å². The minimum absolute atomic E-state index is 0.288. The lowest BCUT2D eigenvalue weighted by Crippen LogP contribution is -2.42. The summed E-state index contributed by atoms with van der Waals surface area (Å²) in [6.45, 7) is 9.52. The van der Waals surface area contributed by atoms with Crippen LogP contribution in [0.15, 0.2) is 6.33 Å². The molecule has 5 nitrogen and oxygen atoms in total. The second-order valence-electron chi connectivity index (χ2n) is 5.71. The summed E-state index contributed by atoms with van der Waals surface area (Å²) in [6.07, 6.45) is 4.15. The van der Waals surface area contributed by atoms with Gasteiger partial charge in [0.1, 0.15) is 12.2 Å². The van der Waals surface area contributed by atoms with Gasteiger partial charge in [-0.05, 0) is 46.1 Å². The van der Waals surface area contributed by atoms with Gasteiger partial charge < -0.3 is 5.73 Å². The molecule has 1 aliphatic heterocycles. The van der Waals surface area contributed by atoms with Crippen LogP contribution in [0.2, 0.25) is 0 Å². The minimum atomic E-state index is 0.288. The molecule has 0 radical (unpaired) electrons. The normalized spacial score (nSPS) is 23.5. The molecule has 0 spiro atoms. The quantitative estimate of drug-likeness (QED) is 0.879. The van der Waals surface area contributed by atoms with Crippen LogP contribution in [0.25, 0.3) is 0 Å². The van der Waals surface area contributed by atoms with E-state index < -0.39 is 0 Å². The van der Waals surface area contributed by atoms with Gasteiger partial charge in [-0.2, -0.15) is 5.10 Å². The molecule has 1 aliphatic rings. The molecule has 0 saturated carbocycles. The van der Waals surface area contributed by atoms with E-state index in [9.17, 15) is 0 Å². The molecule has 1 aromatic rings. The number of likely N-dealkylation sites (tertiary alicyclic amines) is 1. The average Bonchev–Trinajstić information content (AvgIpc) is 2.77. The number of nitrogens with two attached hydrogens (primary N) is 1. The molecule has 18 heavy (non-hydrogen) atoms. The number of nitrogens with zero attached hydrogens (tertiary/aromatic N) is 4. The van der Waals surface area contributed by atoms with Gasteiger partial charge in [-0.25, -0.2) is 9.67 Å². The summed E-state index contributed by atoms with van der Waals surface area (Å²) >= 11 is 0. The Balaban J connectivity index is 1.98. The van der Waals surface area contributed by atoms with Crippen LogP contribution in [-0.4, -0.2) is 38.8 Å². The third-order valence-electron chi connectivity index (χ3n) is 3.79. The molecule has 0 amide bonds. The van der Waals surface area contributed by atoms with Crippen LogP contribution in [-0.2, 0) is 6.54 Å². The smallest absolute Gasteiger partial charge is 0.141 e. The van der Waals surface area contributed by atoms with E-state index in [4.69, 9.17) is 5.73 Å². The van der Waals surface area contributed by atoms with Gasteiger partial charge in [-0.1, -0.05) is 0 Å². The van der Waals surface area contributed by atoms with E-state index in [1.54, 1.807) is 6.33 Å². The van der Waals surface area contributed by atoms with Crippen molar-refractivity contribution in [2.75, 3.05) is 13.1 Å². The maximum atomic E-state index is 6.02. The Morgan fingerprint density at radius 3 is 2.89 bits per heavy atom. The van der Waals surface area contributed by atoms with Crippen molar-refractivity contribution in [3.05, 3.63) is 12.2 Å². The number of aromatic nitrogens is 3. The van der Waals surface area contributed by atoms with Crippen molar-refractivity contribution >= 4 is 0 Å². The summed E-state index contributed by atoms with van der Waals surface area (Å²) in [4.78, 5) is 6.84. The van der Waals surface area contributed by atoms with Gasteiger partial charge in [-0.3, -0.25) is 4.90 Å². The van der Waals surface area contributed by atoms with E-state index >= 15 is 0 Å². The van der Waals surface area contributed by atoms with Crippen molar-refractivity contribution in [1.29, 1.82) is 0 Å². The van der Waals surface area contributed by atoms with Crippen LogP contribution >= 0.6 is 0 Å². The Bertz CT molecular complexity index is 371. The Hall–Kier alpha value is -0.940. The van der Waals surface area contributed by atoms with Gasteiger partial charge >= 0.3 is 0 Å². The van der Waals surface area contributed by atoms with Gasteiger partial charge in [0, 0.05) is 18.6 Å². The summed E-state index contributed by atoms with van der Waals surface area (Å²) < 4.78 is 2.01. The fraction of sp³-hybridized carbons (Fsp3) is 0.846. The Morgan fingerprint density at radius 2 is 2.22 bits per heavy atom. The summed E-state index contributed by atoms with van der Waals surface area (Å²) in [5, 5.41) is 4.29. The number of rotatable bonds is 4. The third-order valence-corrected chi connectivity index (χ3v) is 3.79. The molecule has 2 unspecified atom stereocenters. The van der Waals surface area contributed by atoms with Crippen molar-refractivity contribution in [2.24, 2.45) is 11.7 Å². The molecule has 2 atom stereocenters. The van der Waals surface area contributed by atoms with Crippen molar-refractivity contribution < 1.29 is 0 Å². The zero-order chi connectivity index (χ0) is 13.1. The number of hydrogen-bond donors (Lipinski definition) is 1. The van der Waals surface area contributed by atoms with Crippen LogP contribution in [0.4, 0.5) is 0 Å². The van der Waals surface area contributed by atoms with Crippen LogP contribution < -0.4 is 5.73 Å². The third kappa shape index (κ3) is 3.09. The maximum absolute atomic E-state index is 6.02. The molecule has 2 N–H and O–H groups in total. The summed E-state index contributed by atoms with van der Waals surface area (Å²) in [6, 6.07) is 0.660. The zero-order valence-corrected chi connectivity index (χ0v) is 11.7. The molecule has 1 fully saturated rings. The van der Waals surface area contributed by atoms with Crippen LogP contribution in [0.5, 0.6) is 0 Å². The van der Waals surface area contributed by atoms with Crippen LogP contribution in [0.3, 0.4) is 0 Å². The standard InChI is InChI=1S/C13H25N5/c1-10(2)18-13(15-9-16-18)8-17-6-4-5-12(7-17)11(3)14/h9-12H,4-8,14H2,1-3H3. The highest BCUT2D eigenvalue weighted by molar-refractivity contribution is 4.89. The molecule has 0 aliphatic carbocycles. The van der Waals surface area contributed by atoms with Crippen molar-refractivity contribution in [3.63, 3.8) is 0 Å². The van der Waals surface area contributed by atoms with E-state index in [2.05, 4.69) is 35.8 Å². The number of piperidine rings is 1. The Labute approximate surface area is 109 Å².